The molecule has 2 atom stereocenters. The van der Waals surface area contributed by atoms with Crippen molar-refractivity contribution in [2.45, 2.75) is 51.1 Å². The Kier molecular flexibility index (Phi) is 3.92. The zero-order chi connectivity index (χ0) is 14.1. The Morgan fingerprint density at radius 2 is 1.70 bits per heavy atom. The van der Waals surface area contributed by atoms with Gasteiger partial charge >= 0.3 is 0 Å². The third-order valence-electron chi connectivity index (χ3n) is 4.82. The maximum absolute atomic E-state index is 13.4. The molecule has 1 saturated heterocycles. The molecule has 1 aliphatic carbocycles. The van der Waals surface area contributed by atoms with Crippen molar-refractivity contribution >= 4 is 0 Å². The quantitative estimate of drug-likeness (QED) is 0.890. The minimum Gasteiger partial charge on any atom is -0.503 e. The highest BCUT2D eigenvalue weighted by Gasteiger charge is 2.33. The maximum atomic E-state index is 13.4. The molecule has 1 aromatic carbocycles. The van der Waals surface area contributed by atoms with Crippen LogP contribution in [-0.2, 0) is 6.54 Å². The van der Waals surface area contributed by atoms with Gasteiger partial charge in [-0.1, -0.05) is 12.8 Å². The van der Waals surface area contributed by atoms with Crippen LogP contribution in [0.1, 0.15) is 44.1 Å². The Bertz CT molecular complexity index is 466. The topological polar surface area (TPSA) is 23.5 Å². The predicted octanol–water partition coefficient (Wildman–Crippen LogP) is 3.83. The van der Waals surface area contributed by atoms with E-state index in [0.29, 0.717) is 18.2 Å². The number of likely N-dealkylation sites (tertiary alicyclic amines) is 1. The van der Waals surface area contributed by atoms with Crippen molar-refractivity contribution < 1.29 is 13.9 Å². The summed E-state index contributed by atoms with van der Waals surface area (Å²) < 4.78 is 26.8. The molecule has 1 aromatic rings. The van der Waals surface area contributed by atoms with Crippen LogP contribution in [0, 0.1) is 17.6 Å². The minimum absolute atomic E-state index is 0.567. The lowest BCUT2D eigenvalue weighted by Crippen LogP contribution is -2.46. The van der Waals surface area contributed by atoms with E-state index >= 15 is 0 Å². The van der Waals surface area contributed by atoms with Crippen LogP contribution >= 0.6 is 0 Å². The van der Waals surface area contributed by atoms with Gasteiger partial charge in [0.05, 0.1) is 0 Å². The largest absolute Gasteiger partial charge is 0.503 e. The van der Waals surface area contributed by atoms with Gasteiger partial charge in [0.1, 0.15) is 0 Å². The summed E-state index contributed by atoms with van der Waals surface area (Å²) in [5, 5.41) is 9.16. The Hall–Kier alpha value is -1.16. The monoisotopic (exact) mass is 281 g/mol. The molecule has 2 unspecified atom stereocenters. The number of nitrogens with zero attached hydrogens (tertiary/aromatic N) is 1. The maximum Gasteiger partial charge on any atom is 0.187 e. The highest BCUT2D eigenvalue weighted by molar-refractivity contribution is 5.30. The summed E-state index contributed by atoms with van der Waals surface area (Å²) in [6, 6.07) is 3.08. The van der Waals surface area contributed by atoms with Crippen molar-refractivity contribution in [3.8, 4) is 5.75 Å². The van der Waals surface area contributed by atoms with Crippen molar-refractivity contribution in [3.05, 3.63) is 29.3 Å². The number of phenolic OH excluding ortho intramolecular Hbond substituents is 1. The van der Waals surface area contributed by atoms with E-state index in [9.17, 15) is 8.78 Å². The molecule has 20 heavy (non-hydrogen) atoms. The van der Waals surface area contributed by atoms with Crippen molar-refractivity contribution in [1.82, 2.24) is 4.90 Å². The molecule has 1 N–H and O–H groups in total. The molecule has 110 valence electrons. The van der Waals surface area contributed by atoms with Gasteiger partial charge in [-0.3, -0.25) is 4.90 Å². The summed E-state index contributed by atoms with van der Waals surface area (Å²) in [6.45, 7) is 1.58. The van der Waals surface area contributed by atoms with Gasteiger partial charge in [0.15, 0.2) is 17.4 Å². The van der Waals surface area contributed by atoms with Gasteiger partial charge in [-0.2, -0.15) is 0 Å². The Morgan fingerprint density at radius 3 is 2.45 bits per heavy atom. The van der Waals surface area contributed by atoms with E-state index in [2.05, 4.69) is 4.90 Å². The zero-order valence-corrected chi connectivity index (χ0v) is 11.6. The first-order valence-electron chi connectivity index (χ1n) is 7.56. The number of aromatic hydroxyl groups is 1. The summed E-state index contributed by atoms with van der Waals surface area (Å²) in [7, 11) is 0. The van der Waals surface area contributed by atoms with Crippen molar-refractivity contribution in [3.63, 3.8) is 0 Å². The molecule has 1 aliphatic heterocycles. The second-order valence-corrected chi connectivity index (χ2v) is 6.13. The van der Waals surface area contributed by atoms with Gasteiger partial charge in [-0.25, -0.2) is 8.78 Å². The summed E-state index contributed by atoms with van der Waals surface area (Å²) >= 11 is 0. The van der Waals surface area contributed by atoms with Gasteiger partial charge < -0.3 is 5.11 Å². The van der Waals surface area contributed by atoms with E-state index < -0.39 is 17.4 Å². The predicted molar refractivity (Wildman–Crippen MR) is 73.4 cm³/mol. The van der Waals surface area contributed by atoms with E-state index in [4.69, 9.17) is 5.11 Å². The second kappa shape index (κ2) is 5.68. The molecule has 1 heterocycles. The smallest absolute Gasteiger partial charge is 0.187 e. The fraction of sp³-hybridized carbons (Fsp3) is 0.625. The van der Waals surface area contributed by atoms with Crippen LogP contribution in [-0.4, -0.2) is 22.6 Å². The number of halogens is 2. The average molecular weight is 281 g/mol. The summed E-state index contributed by atoms with van der Waals surface area (Å²) in [5.74, 6) is -1.85. The number of fused-ring (bicyclic) bond motifs is 1. The van der Waals surface area contributed by atoms with Crippen LogP contribution in [0.2, 0.25) is 0 Å². The van der Waals surface area contributed by atoms with Crippen molar-refractivity contribution in [1.29, 1.82) is 0 Å². The van der Waals surface area contributed by atoms with Crippen LogP contribution in [0.5, 0.6) is 5.75 Å². The average Bonchev–Trinajstić information content (AvgIpc) is 2.45. The normalized spacial score (nSPS) is 27.3. The highest BCUT2D eigenvalue weighted by Crippen LogP contribution is 2.36. The number of piperidine rings is 1. The zero-order valence-electron chi connectivity index (χ0n) is 11.6. The summed E-state index contributed by atoms with van der Waals surface area (Å²) in [5.41, 5.74) is 0.615. The van der Waals surface area contributed by atoms with Crippen LogP contribution in [0.3, 0.4) is 0 Å². The van der Waals surface area contributed by atoms with Gasteiger partial charge in [-0.05, 0) is 55.8 Å². The lowest BCUT2D eigenvalue weighted by Gasteiger charge is -2.44. The second-order valence-electron chi connectivity index (χ2n) is 6.13. The van der Waals surface area contributed by atoms with Crippen molar-refractivity contribution in [2.75, 3.05) is 6.54 Å². The molecule has 0 bridgehead atoms. The van der Waals surface area contributed by atoms with Gasteiger partial charge in [0.25, 0.3) is 0 Å². The summed E-state index contributed by atoms with van der Waals surface area (Å²) in [4.78, 5) is 2.37. The van der Waals surface area contributed by atoms with E-state index in [-0.39, 0.29) is 0 Å². The molecular formula is C16H21F2NO. The minimum atomic E-state index is -0.872. The van der Waals surface area contributed by atoms with Gasteiger partial charge in [0, 0.05) is 12.6 Å². The first kappa shape index (κ1) is 13.8. The summed E-state index contributed by atoms with van der Waals surface area (Å²) in [6.07, 6.45) is 7.53. The highest BCUT2D eigenvalue weighted by atomic mass is 19.1. The lowest BCUT2D eigenvalue weighted by atomic mass is 9.78. The molecule has 0 aromatic heterocycles. The van der Waals surface area contributed by atoms with E-state index in [0.717, 1.165) is 12.5 Å². The Morgan fingerprint density at radius 1 is 1.05 bits per heavy atom. The van der Waals surface area contributed by atoms with E-state index in [1.165, 1.54) is 50.7 Å². The van der Waals surface area contributed by atoms with Gasteiger partial charge in [-0.15, -0.1) is 0 Å². The van der Waals surface area contributed by atoms with Crippen LogP contribution in [0.15, 0.2) is 12.1 Å². The molecule has 2 nitrogen and oxygen atoms in total. The number of hydrogen-bond acceptors (Lipinski definition) is 2. The standard InChI is InChI=1S/C16H21F2NO/c17-13-8-11(9-14(18)16(13)20)10-19-7-3-5-12-4-1-2-6-15(12)19/h8-9,12,15,20H,1-7,10H2. The lowest BCUT2D eigenvalue weighted by molar-refractivity contribution is 0.0545. The van der Waals surface area contributed by atoms with Crippen molar-refractivity contribution in [2.24, 2.45) is 5.92 Å². The number of hydrogen-bond donors (Lipinski definition) is 1. The fourth-order valence-electron chi connectivity index (χ4n) is 3.87. The molecule has 0 amide bonds. The first-order valence-corrected chi connectivity index (χ1v) is 7.56. The van der Waals surface area contributed by atoms with E-state index in [1.807, 2.05) is 0 Å². The Balaban J connectivity index is 1.76. The van der Waals surface area contributed by atoms with Crippen LogP contribution in [0.25, 0.3) is 0 Å². The molecular weight excluding hydrogens is 260 g/mol. The van der Waals surface area contributed by atoms with Gasteiger partial charge in [0.2, 0.25) is 0 Å². The third kappa shape index (κ3) is 2.66. The molecule has 2 fully saturated rings. The molecule has 4 heteroatoms. The fourth-order valence-corrected chi connectivity index (χ4v) is 3.87. The molecule has 1 saturated carbocycles. The number of phenols is 1. The molecule has 0 spiro atoms. The van der Waals surface area contributed by atoms with Crippen LogP contribution in [0.4, 0.5) is 8.78 Å². The SMILES string of the molecule is Oc1c(F)cc(CN2CCCC3CCCCC32)cc1F. The number of rotatable bonds is 2. The number of benzene rings is 1. The van der Waals surface area contributed by atoms with E-state index in [1.54, 1.807) is 0 Å². The molecule has 0 radical (unpaired) electrons. The Labute approximate surface area is 118 Å². The first-order chi connectivity index (χ1) is 9.65. The molecule has 3 rings (SSSR count). The van der Waals surface area contributed by atoms with Crippen LogP contribution < -0.4 is 0 Å². The molecule has 2 aliphatic rings. The third-order valence-corrected chi connectivity index (χ3v) is 4.82.